The fourth-order valence-corrected chi connectivity index (χ4v) is 5.65. The van der Waals surface area contributed by atoms with E-state index < -0.39 is 82.1 Å². The molecule has 0 radical (unpaired) electrons. The quantitative estimate of drug-likeness (QED) is 0.0335. The van der Waals surface area contributed by atoms with E-state index in [9.17, 15) is 57.1 Å². The zero-order valence-electron chi connectivity index (χ0n) is 28.7. The Morgan fingerprint density at radius 3 is 2.42 bits per heavy atom. The molecule has 294 valence electrons. The van der Waals surface area contributed by atoms with E-state index in [1.54, 1.807) is 0 Å². The molecule has 0 bridgehead atoms. The number of carbonyl (C=O) groups excluding carboxylic acids is 5. The lowest BCUT2D eigenvalue weighted by atomic mass is 10.0. The molecular formula is C32H43N3O17S. The molecule has 1 aromatic carbocycles. The van der Waals surface area contributed by atoms with E-state index in [1.807, 2.05) is 0 Å². The SMILES string of the molecule is CC(=O)OCc1ccc(O[C@@H]2O[C@H](C(=O)O)C[C@H](O)[C@H]2O)cc1OCCOCCNC(=O)[C@H](CS(=O)(=O)O)NC(=O)CCCCCN1C(=O)C=CC1=O. The zero-order valence-corrected chi connectivity index (χ0v) is 29.5. The van der Waals surface area contributed by atoms with E-state index in [0.717, 1.165) is 4.90 Å². The van der Waals surface area contributed by atoms with Crippen LogP contribution in [0.1, 0.15) is 44.6 Å². The lowest BCUT2D eigenvalue weighted by Crippen LogP contribution is -2.52. The van der Waals surface area contributed by atoms with Gasteiger partial charge in [0, 0.05) is 56.6 Å². The summed E-state index contributed by atoms with van der Waals surface area (Å²) in [5.74, 6) is -5.12. The molecule has 0 spiro atoms. The molecule has 0 aliphatic carbocycles. The van der Waals surface area contributed by atoms with Crippen molar-refractivity contribution in [1.82, 2.24) is 15.5 Å². The molecule has 20 nitrogen and oxygen atoms in total. The third kappa shape index (κ3) is 14.7. The van der Waals surface area contributed by atoms with Gasteiger partial charge in [0.25, 0.3) is 21.9 Å². The highest BCUT2D eigenvalue weighted by Gasteiger charge is 2.41. The average Bonchev–Trinajstić information content (AvgIpc) is 3.40. The van der Waals surface area contributed by atoms with Gasteiger partial charge in [-0.05, 0) is 25.0 Å². The number of nitrogens with one attached hydrogen (secondary N) is 2. The van der Waals surface area contributed by atoms with E-state index >= 15 is 0 Å². The van der Waals surface area contributed by atoms with E-state index in [2.05, 4.69) is 10.6 Å². The standard InChI is InChI=1S/C32H43N3O17S/c1-19(36)50-17-20-6-7-21(51-32-29(41)23(37)16-25(52-32)31(43)44)15-24(20)49-14-13-48-12-10-33-30(42)22(18-53(45,46)47)34-26(38)5-3-2-4-11-35-27(39)8-9-28(35)40/h6-9,15,22-23,25,29,32,37,41H,2-5,10-14,16-18H2,1H3,(H,33,42)(H,34,38)(H,43,44)(H,45,46,47)/t22-,23-,25-,29+,32+/m0/s1. The molecule has 5 atom stereocenters. The molecule has 2 aliphatic rings. The number of amides is 4. The van der Waals surface area contributed by atoms with Crippen LogP contribution in [-0.4, -0.2) is 138 Å². The molecule has 4 amide bonds. The topological polar surface area (TPSA) is 291 Å². The van der Waals surface area contributed by atoms with Crippen molar-refractivity contribution >= 4 is 45.7 Å². The van der Waals surface area contributed by atoms with Crippen molar-refractivity contribution < 1.29 is 80.7 Å². The summed E-state index contributed by atoms with van der Waals surface area (Å²) in [6.07, 6.45) is -2.77. The summed E-state index contributed by atoms with van der Waals surface area (Å²) in [5.41, 5.74) is 0.410. The Morgan fingerprint density at radius 2 is 1.75 bits per heavy atom. The Balaban J connectivity index is 1.44. The predicted octanol–water partition coefficient (Wildman–Crippen LogP) is -1.58. The molecule has 2 aliphatic heterocycles. The van der Waals surface area contributed by atoms with Crippen molar-refractivity contribution in [3.8, 4) is 11.5 Å². The first-order chi connectivity index (χ1) is 25.0. The van der Waals surface area contributed by atoms with Crippen LogP contribution in [0.3, 0.4) is 0 Å². The predicted molar refractivity (Wildman–Crippen MR) is 177 cm³/mol. The number of carboxylic acid groups (broad SMARTS) is 1. The number of imide groups is 1. The molecule has 3 rings (SSSR count). The number of unbranched alkanes of at least 4 members (excludes halogenated alkanes) is 2. The molecule has 1 aromatic rings. The molecule has 6 N–H and O–H groups in total. The number of hydrogen-bond donors (Lipinski definition) is 6. The van der Waals surface area contributed by atoms with Crippen molar-refractivity contribution in [2.75, 3.05) is 38.7 Å². The third-order valence-corrected chi connectivity index (χ3v) is 8.42. The monoisotopic (exact) mass is 773 g/mol. The molecule has 0 unspecified atom stereocenters. The van der Waals surface area contributed by atoms with Gasteiger partial charge in [-0.15, -0.1) is 0 Å². The maximum Gasteiger partial charge on any atom is 0.333 e. The molecule has 0 saturated carbocycles. The molecule has 1 saturated heterocycles. The van der Waals surface area contributed by atoms with Crippen LogP contribution in [0, 0.1) is 0 Å². The molecule has 0 aromatic heterocycles. The summed E-state index contributed by atoms with van der Waals surface area (Å²) < 4.78 is 59.4. The number of carbonyl (C=O) groups is 6. The van der Waals surface area contributed by atoms with Crippen LogP contribution in [0.4, 0.5) is 0 Å². The van der Waals surface area contributed by atoms with Crippen LogP contribution in [-0.2, 0) is 59.7 Å². The van der Waals surface area contributed by atoms with Gasteiger partial charge in [-0.2, -0.15) is 8.42 Å². The second-order valence-electron chi connectivity index (χ2n) is 11.9. The van der Waals surface area contributed by atoms with Crippen LogP contribution >= 0.6 is 0 Å². The minimum atomic E-state index is -4.66. The Labute approximate surface area is 304 Å². The van der Waals surface area contributed by atoms with Gasteiger partial charge in [0.15, 0.2) is 6.10 Å². The van der Waals surface area contributed by atoms with Gasteiger partial charge in [0.1, 0.15) is 42.6 Å². The summed E-state index contributed by atoms with van der Waals surface area (Å²) >= 11 is 0. The number of aliphatic carboxylic acids is 1. The van der Waals surface area contributed by atoms with Crippen LogP contribution in [0.25, 0.3) is 0 Å². The number of esters is 1. The average molecular weight is 774 g/mol. The number of carboxylic acids is 1. The largest absolute Gasteiger partial charge is 0.491 e. The van der Waals surface area contributed by atoms with Crippen LogP contribution in [0.2, 0.25) is 0 Å². The zero-order chi connectivity index (χ0) is 39.1. The highest BCUT2D eigenvalue weighted by atomic mass is 32.2. The van der Waals surface area contributed by atoms with E-state index in [4.69, 9.17) is 23.7 Å². The van der Waals surface area contributed by atoms with Gasteiger partial charge >= 0.3 is 11.9 Å². The molecule has 1 fully saturated rings. The summed E-state index contributed by atoms with van der Waals surface area (Å²) in [6, 6.07) is 2.69. The second kappa shape index (κ2) is 20.5. The maximum atomic E-state index is 12.7. The summed E-state index contributed by atoms with van der Waals surface area (Å²) in [6.45, 7) is 0.911. The Kier molecular flexibility index (Phi) is 16.6. The molecular weight excluding hydrogens is 730 g/mol. The lowest BCUT2D eigenvalue weighted by Gasteiger charge is -2.35. The van der Waals surface area contributed by atoms with Crippen molar-refractivity contribution in [1.29, 1.82) is 0 Å². The number of ether oxygens (including phenoxy) is 5. The van der Waals surface area contributed by atoms with Crippen LogP contribution < -0.4 is 20.1 Å². The summed E-state index contributed by atoms with van der Waals surface area (Å²) in [5, 5.41) is 34.2. The highest BCUT2D eigenvalue weighted by Crippen LogP contribution is 2.29. The smallest absolute Gasteiger partial charge is 0.333 e. The molecule has 2 heterocycles. The number of benzene rings is 1. The van der Waals surface area contributed by atoms with Crippen molar-refractivity contribution in [3.05, 3.63) is 35.9 Å². The molecule has 21 heteroatoms. The van der Waals surface area contributed by atoms with Crippen molar-refractivity contribution in [2.24, 2.45) is 0 Å². The van der Waals surface area contributed by atoms with Gasteiger partial charge in [-0.1, -0.05) is 6.42 Å². The first-order valence-electron chi connectivity index (χ1n) is 16.5. The van der Waals surface area contributed by atoms with Crippen molar-refractivity contribution in [3.63, 3.8) is 0 Å². The Bertz CT molecular complexity index is 1600. The second-order valence-corrected chi connectivity index (χ2v) is 13.4. The van der Waals surface area contributed by atoms with Gasteiger partial charge in [0.05, 0.1) is 19.3 Å². The fourth-order valence-electron chi connectivity index (χ4n) is 5.00. The number of nitrogens with zero attached hydrogens (tertiary/aromatic N) is 1. The fraction of sp³-hybridized carbons (Fsp3) is 0.562. The number of hydrogen-bond acceptors (Lipinski definition) is 15. The number of rotatable bonds is 22. The highest BCUT2D eigenvalue weighted by molar-refractivity contribution is 7.85. The van der Waals surface area contributed by atoms with Crippen LogP contribution in [0.5, 0.6) is 11.5 Å². The summed E-state index contributed by atoms with van der Waals surface area (Å²) in [7, 11) is -4.66. The van der Waals surface area contributed by atoms with Gasteiger partial charge in [-0.25, -0.2) is 4.79 Å². The lowest BCUT2D eigenvalue weighted by molar-refractivity contribution is -0.238. The minimum Gasteiger partial charge on any atom is -0.491 e. The maximum absolute atomic E-state index is 12.7. The third-order valence-electron chi connectivity index (χ3n) is 7.67. The van der Waals surface area contributed by atoms with Gasteiger partial charge < -0.3 is 49.6 Å². The Hall–Kier alpha value is -4.67. The van der Waals surface area contributed by atoms with E-state index in [1.165, 1.54) is 37.3 Å². The first-order valence-corrected chi connectivity index (χ1v) is 18.1. The summed E-state index contributed by atoms with van der Waals surface area (Å²) in [4.78, 5) is 72.0. The first kappa shape index (κ1) is 42.7. The Morgan fingerprint density at radius 1 is 1.04 bits per heavy atom. The van der Waals surface area contributed by atoms with Crippen LogP contribution in [0.15, 0.2) is 30.4 Å². The van der Waals surface area contributed by atoms with E-state index in [0.29, 0.717) is 24.8 Å². The van der Waals surface area contributed by atoms with Gasteiger partial charge in [0.2, 0.25) is 18.1 Å². The normalized spacial score (nSPS) is 20.5. The number of aliphatic hydroxyl groups excluding tert-OH is 2. The van der Waals surface area contributed by atoms with Crippen molar-refractivity contribution in [2.45, 2.75) is 76.3 Å². The number of aliphatic hydroxyl groups is 2. The molecule has 53 heavy (non-hydrogen) atoms. The van der Waals surface area contributed by atoms with E-state index in [-0.39, 0.29) is 63.9 Å². The van der Waals surface area contributed by atoms with Gasteiger partial charge in [-0.3, -0.25) is 33.4 Å². The minimum absolute atomic E-state index is 0.0350.